The molecule has 2 aromatic carbocycles. The van der Waals surface area contributed by atoms with Crippen molar-refractivity contribution in [1.82, 2.24) is 0 Å². The summed E-state index contributed by atoms with van der Waals surface area (Å²) < 4.78 is 0. The molecule has 0 fully saturated rings. The van der Waals surface area contributed by atoms with Crippen LogP contribution in [0.1, 0.15) is 5.56 Å². The molecule has 0 heterocycles. The number of halogens is 1. The van der Waals surface area contributed by atoms with E-state index in [0.29, 0.717) is 0 Å². The van der Waals surface area contributed by atoms with Gasteiger partial charge in [-0.3, -0.25) is 0 Å². The fraction of sp³-hybridized carbons (Fsp3) is 0. The Hall–Kier alpha value is -1.71. The van der Waals surface area contributed by atoms with Gasteiger partial charge in [-0.25, -0.2) is 0 Å². The summed E-state index contributed by atoms with van der Waals surface area (Å²) >= 11 is 5.82. The lowest BCUT2D eigenvalue weighted by Crippen LogP contribution is -1.78. The van der Waals surface area contributed by atoms with E-state index >= 15 is 0 Å². The molecule has 0 amide bonds. The van der Waals surface area contributed by atoms with Crippen molar-refractivity contribution in [3.05, 3.63) is 59.1 Å². The second kappa shape index (κ2) is 4.21. The van der Waals surface area contributed by atoms with Crippen LogP contribution in [0.3, 0.4) is 0 Å². The minimum Gasteiger partial charge on any atom is -0.115 e. The van der Waals surface area contributed by atoms with Gasteiger partial charge in [0.1, 0.15) is 0 Å². The molecule has 2 rings (SSSR count). The lowest BCUT2D eigenvalue weighted by molar-refractivity contribution is 1.59. The summed E-state index contributed by atoms with van der Waals surface area (Å²) in [6, 6.07) is 15.6. The highest BCUT2D eigenvalue weighted by Gasteiger charge is 1.96. The molecule has 0 aromatic heterocycles. The molecule has 0 aliphatic carbocycles. The third-order valence-electron chi connectivity index (χ3n) is 2.23. The van der Waals surface area contributed by atoms with E-state index in [4.69, 9.17) is 18.0 Å². The Labute approximate surface area is 94.5 Å². The van der Waals surface area contributed by atoms with Crippen molar-refractivity contribution in [2.75, 3.05) is 0 Å². The fourth-order valence-corrected chi connectivity index (χ4v) is 1.53. The molecule has 1 heteroatoms. The van der Waals surface area contributed by atoms with E-state index in [1.807, 2.05) is 48.5 Å². The van der Waals surface area contributed by atoms with Crippen molar-refractivity contribution >= 4 is 11.6 Å². The summed E-state index contributed by atoms with van der Waals surface area (Å²) in [6.07, 6.45) is 5.29. The molecule has 0 aliphatic heterocycles. The van der Waals surface area contributed by atoms with Gasteiger partial charge in [0.2, 0.25) is 0 Å². The fourth-order valence-electron chi connectivity index (χ4n) is 1.40. The molecule has 0 aliphatic rings. The second-order valence-corrected chi connectivity index (χ2v) is 3.67. The molecule has 0 N–H and O–H groups in total. The highest BCUT2D eigenvalue weighted by atomic mass is 35.5. The van der Waals surface area contributed by atoms with Crippen LogP contribution in [0.15, 0.2) is 48.5 Å². The van der Waals surface area contributed by atoms with Crippen molar-refractivity contribution in [2.24, 2.45) is 0 Å². The molecule has 72 valence electrons. The molecule has 0 bridgehead atoms. The van der Waals surface area contributed by atoms with Gasteiger partial charge >= 0.3 is 0 Å². The highest BCUT2D eigenvalue weighted by molar-refractivity contribution is 6.30. The number of rotatable bonds is 1. The summed E-state index contributed by atoms with van der Waals surface area (Å²) in [7, 11) is 0. The van der Waals surface area contributed by atoms with Crippen LogP contribution < -0.4 is 0 Å². The predicted molar refractivity (Wildman–Crippen MR) is 64.8 cm³/mol. The molecule has 0 nitrogen and oxygen atoms in total. The number of hydrogen-bond donors (Lipinski definition) is 0. The van der Waals surface area contributed by atoms with Gasteiger partial charge in [0.15, 0.2) is 0 Å². The second-order valence-electron chi connectivity index (χ2n) is 3.23. The van der Waals surface area contributed by atoms with Crippen LogP contribution in [0, 0.1) is 12.3 Å². The monoisotopic (exact) mass is 212 g/mol. The average molecular weight is 213 g/mol. The smallest absolute Gasteiger partial charge is 0.0406 e. The molecule has 0 atom stereocenters. The van der Waals surface area contributed by atoms with E-state index in [-0.39, 0.29) is 0 Å². The minimum absolute atomic E-state index is 0.749. The highest BCUT2D eigenvalue weighted by Crippen LogP contribution is 2.21. The quantitative estimate of drug-likeness (QED) is 0.627. The lowest BCUT2D eigenvalue weighted by Gasteiger charge is -2.01. The minimum atomic E-state index is 0.749. The van der Waals surface area contributed by atoms with Gasteiger partial charge in [0, 0.05) is 10.6 Å². The Kier molecular flexibility index (Phi) is 2.76. The third kappa shape index (κ3) is 2.21. The van der Waals surface area contributed by atoms with E-state index in [2.05, 4.69) is 5.92 Å². The van der Waals surface area contributed by atoms with Gasteiger partial charge in [-0.15, -0.1) is 6.42 Å². The Morgan fingerprint density at radius 2 is 1.27 bits per heavy atom. The summed E-state index contributed by atoms with van der Waals surface area (Å²) in [6.45, 7) is 0. The number of terminal acetylenes is 1. The summed E-state index contributed by atoms with van der Waals surface area (Å²) in [5, 5.41) is 0.749. The molecule has 15 heavy (non-hydrogen) atoms. The zero-order valence-corrected chi connectivity index (χ0v) is 8.83. The van der Waals surface area contributed by atoms with Crippen molar-refractivity contribution in [3.63, 3.8) is 0 Å². The Balaban J connectivity index is 2.38. The predicted octanol–water partition coefficient (Wildman–Crippen LogP) is 3.99. The van der Waals surface area contributed by atoms with Crippen LogP contribution in [0.4, 0.5) is 0 Å². The molecule has 2 aromatic rings. The largest absolute Gasteiger partial charge is 0.115 e. The van der Waals surface area contributed by atoms with E-state index in [1.54, 1.807) is 0 Å². The first-order valence-corrected chi connectivity index (χ1v) is 5.00. The van der Waals surface area contributed by atoms with E-state index in [1.165, 1.54) is 0 Å². The summed E-state index contributed by atoms with van der Waals surface area (Å²) in [5.74, 6) is 2.59. The van der Waals surface area contributed by atoms with Gasteiger partial charge in [0.25, 0.3) is 0 Å². The first-order chi connectivity index (χ1) is 7.29. The Morgan fingerprint density at radius 1 is 0.800 bits per heavy atom. The average Bonchev–Trinajstić information content (AvgIpc) is 2.30. The molecular formula is C14H9Cl. The van der Waals surface area contributed by atoms with E-state index < -0.39 is 0 Å². The van der Waals surface area contributed by atoms with Crippen LogP contribution in [-0.4, -0.2) is 0 Å². The maximum atomic E-state index is 5.82. The summed E-state index contributed by atoms with van der Waals surface area (Å²) in [4.78, 5) is 0. The van der Waals surface area contributed by atoms with Crippen LogP contribution in [-0.2, 0) is 0 Å². The van der Waals surface area contributed by atoms with Gasteiger partial charge < -0.3 is 0 Å². The van der Waals surface area contributed by atoms with Crippen molar-refractivity contribution in [3.8, 4) is 23.5 Å². The van der Waals surface area contributed by atoms with Gasteiger partial charge in [-0.1, -0.05) is 41.8 Å². The SMILES string of the molecule is C#Cc1ccc(-c2ccc(Cl)cc2)cc1. The van der Waals surface area contributed by atoms with Crippen LogP contribution in [0.2, 0.25) is 5.02 Å². The first kappa shape index (κ1) is 9.83. The molecule has 0 radical (unpaired) electrons. The van der Waals surface area contributed by atoms with Gasteiger partial charge in [-0.05, 0) is 35.4 Å². The number of hydrogen-bond acceptors (Lipinski definition) is 0. The van der Waals surface area contributed by atoms with Crippen molar-refractivity contribution in [2.45, 2.75) is 0 Å². The maximum absolute atomic E-state index is 5.82. The molecule has 0 saturated carbocycles. The van der Waals surface area contributed by atoms with Gasteiger partial charge in [-0.2, -0.15) is 0 Å². The van der Waals surface area contributed by atoms with Crippen LogP contribution in [0.25, 0.3) is 11.1 Å². The van der Waals surface area contributed by atoms with Crippen molar-refractivity contribution in [1.29, 1.82) is 0 Å². The molecular weight excluding hydrogens is 204 g/mol. The zero-order chi connectivity index (χ0) is 10.7. The van der Waals surface area contributed by atoms with E-state index in [0.717, 1.165) is 21.7 Å². The van der Waals surface area contributed by atoms with E-state index in [9.17, 15) is 0 Å². The number of benzene rings is 2. The van der Waals surface area contributed by atoms with Crippen molar-refractivity contribution < 1.29 is 0 Å². The van der Waals surface area contributed by atoms with Crippen LogP contribution in [0.5, 0.6) is 0 Å². The van der Waals surface area contributed by atoms with Gasteiger partial charge in [0.05, 0.1) is 0 Å². The van der Waals surface area contributed by atoms with Crippen LogP contribution >= 0.6 is 11.6 Å². The molecule has 0 saturated heterocycles. The normalized spacial score (nSPS) is 9.60. The third-order valence-corrected chi connectivity index (χ3v) is 2.48. The Morgan fingerprint density at radius 3 is 1.73 bits per heavy atom. The maximum Gasteiger partial charge on any atom is 0.0406 e. The Bertz CT molecular complexity index is 486. The molecule has 0 unspecified atom stereocenters. The topological polar surface area (TPSA) is 0 Å². The standard InChI is InChI=1S/C14H9Cl/c1-2-11-3-5-12(6-4-11)13-7-9-14(15)10-8-13/h1,3-10H. The zero-order valence-electron chi connectivity index (χ0n) is 8.07. The first-order valence-electron chi connectivity index (χ1n) is 4.62. The molecule has 0 spiro atoms. The lowest BCUT2D eigenvalue weighted by atomic mass is 10.0. The summed E-state index contributed by atoms with van der Waals surface area (Å²) in [5.41, 5.74) is 3.18.